The number of benzene rings is 1. The molecule has 1 amide bonds. The van der Waals surface area contributed by atoms with Crippen molar-refractivity contribution in [2.45, 2.75) is 6.92 Å². The molecule has 0 radical (unpaired) electrons. The van der Waals surface area contributed by atoms with Crippen LogP contribution in [0.2, 0.25) is 0 Å². The van der Waals surface area contributed by atoms with E-state index in [0.29, 0.717) is 17.1 Å². The SMILES string of the molecule is CCN(c1ccc2sc(C(=O)NC)cc2c1)S(C)(=O)=O. The molecule has 0 bridgehead atoms. The first kappa shape index (κ1) is 14.8. The third kappa shape index (κ3) is 2.78. The van der Waals surface area contributed by atoms with E-state index in [1.54, 1.807) is 32.2 Å². The smallest absolute Gasteiger partial charge is 0.261 e. The Morgan fingerprint density at radius 3 is 2.60 bits per heavy atom. The topological polar surface area (TPSA) is 66.5 Å². The molecule has 0 unspecified atom stereocenters. The van der Waals surface area contributed by atoms with Crippen molar-refractivity contribution in [3.63, 3.8) is 0 Å². The fraction of sp³-hybridized carbons (Fsp3) is 0.308. The standard InChI is InChI=1S/C13H16N2O3S2/c1-4-15(20(3,17)18)10-5-6-11-9(7-10)8-12(19-11)13(16)14-2/h5-8H,4H2,1-3H3,(H,14,16). The van der Waals surface area contributed by atoms with Gasteiger partial charge in [-0.2, -0.15) is 0 Å². The fourth-order valence-electron chi connectivity index (χ4n) is 2.03. The molecule has 1 N–H and O–H groups in total. The number of nitrogens with one attached hydrogen (secondary N) is 1. The lowest BCUT2D eigenvalue weighted by Crippen LogP contribution is -2.29. The van der Waals surface area contributed by atoms with E-state index in [-0.39, 0.29) is 5.91 Å². The average molecular weight is 312 g/mol. The fourth-order valence-corrected chi connectivity index (χ4v) is 3.98. The quantitative estimate of drug-likeness (QED) is 0.939. The summed E-state index contributed by atoms with van der Waals surface area (Å²) in [6, 6.07) is 7.17. The van der Waals surface area contributed by atoms with Gasteiger partial charge in [0.25, 0.3) is 5.91 Å². The molecule has 108 valence electrons. The second-order valence-corrected chi connectivity index (χ2v) is 7.33. The first-order valence-electron chi connectivity index (χ1n) is 6.10. The first-order valence-corrected chi connectivity index (χ1v) is 8.76. The summed E-state index contributed by atoms with van der Waals surface area (Å²) < 4.78 is 25.7. The monoisotopic (exact) mass is 312 g/mol. The van der Waals surface area contributed by atoms with Gasteiger partial charge in [0.15, 0.2) is 0 Å². The van der Waals surface area contributed by atoms with E-state index in [9.17, 15) is 13.2 Å². The molecule has 2 aromatic rings. The summed E-state index contributed by atoms with van der Waals surface area (Å²) in [5.74, 6) is -0.136. The van der Waals surface area contributed by atoms with E-state index in [2.05, 4.69) is 5.32 Å². The number of nitrogens with zero attached hydrogens (tertiary/aromatic N) is 1. The Balaban J connectivity index is 2.51. The van der Waals surface area contributed by atoms with Crippen LogP contribution in [0.3, 0.4) is 0 Å². The van der Waals surface area contributed by atoms with E-state index in [1.807, 2.05) is 6.07 Å². The van der Waals surface area contributed by atoms with Crippen molar-refractivity contribution in [3.05, 3.63) is 29.1 Å². The lowest BCUT2D eigenvalue weighted by atomic mass is 10.2. The highest BCUT2D eigenvalue weighted by atomic mass is 32.2. The van der Waals surface area contributed by atoms with Gasteiger partial charge in [0.2, 0.25) is 10.0 Å². The van der Waals surface area contributed by atoms with Crippen LogP contribution in [0, 0.1) is 0 Å². The molecular formula is C13H16N2O3S2. The van der Waals surface area contributed by atoms with Crippen molar-refractivity contribution in [1.82, 2.24) is 5.32 Å². The van der Waals surface area contributed by atoms with E-state index >= 15 is 0 Å². The van der Waals surface area contributed by atoms with Gasteiger partial charge < -0.3 is 5.32 Å². The molecule has 1 aromatic heterocycles. The highest BCUT2D eigenvalue weighted by Crippen LogP contribution is 2.30. The van der Waals surface area contributed by atoms with Gasteiger partial charge in [0.05, 0.1) is 16.8 Å². The van der Waals surface area contributed by atoms with Gasteiger partial charge >= 0.3 is 0 Å². The summed E-state index contributed by atoms with van der Waals surface area (Å²) >= 11 is 1.39. The molecule has 5 nitrogen and oxygen atoms in total. The maximum absolute atomic E-state index is 11.7. The lowest BCUT2D eigenvalue weighted by Gasteiger charge is -2.20. The number of thiophene rings is 1. The summed E-state index contributed by atoms with van der Waals surface area (Å²) in [6.07, 6.45) is 1.18. The molecule has 0 saturated carbocycles. The molecule has 0 aliphatic carbocycles. The van der Waals surface area contributed by atoms with Gasteiger partial charge in [-0.25, -0.2) is 8.42 Å². The maximum Gasteiger partial charge on any atom is 0.261 e. The Labute approximate surface area is 122 Å². The second-order valence-electron chi connectivity index (χ2n) is 4.34. The number of sulfonamides is 1. The van der Waals surface area contributed by atoms with Crippen molar-refractivity contribution >= 4 is 43.0 Å². The summed E-state index contributed by atoms with van der Waals surface area (Å²) in [6.45, 7) is 2.16. The largest absolute Gasteiger partial charge is 0.354 e. The third-order valence-electron chi connectivity index (χ3n) is 2.93. The highest BCUT2D eigenvalue weighted by Gasteiger charge is 2.16. The molecule has 0 spiro atoms. The number of hydrogen-bond donors (Lipinski definition) is 1. The van der Waals surface area contributed by atoms with Gasteiger partial charge in [0.1, 0.15) is 0 Å². The minimum atomic E-state index is -3.29. The Bertz CT molecular complexity index is 750. The van der Waals surface area contributed by atoms with Crippen LogP contribution in [0.4, 0.5) is 5.69 Å². The van der Waals surface area contributed by atoms with Crippen LogP contribution in [0.15, 0.2) is 24.3 Å². The number of fused-ring (bicyclic) bond motifs is 1. The van der Waals surface area contributed by atoms with Crippen LogP contribution in [0.5, 0.6) is 0 Å². The molecule has 0 fully saturated rings. The number of amides is 1. The number of anilines is 1. The normalized spacial score (nSPS) is 11.6. The zero-order valence-electron chi connectivity index (χ0n) is 11.5. The predicted molar refractivity (Wildman–Crippen MR) is 83.1 cm³/mol. The molecule has 2 rings (SSSR count). The molecule has 7 heteroatoms. The van der Waals surface area contributed by atoms with Crippen molar-refractivity contribution in [2.24, 2.45) is 0 Å². The zero-order chi connectivity index (χ0) is 14.9. The number of hydrogen-bond acceptors (Lipinski definition) is 4. The van der Waals surface area contributed by atoms with Crippen LogP contribution in [0.1, 0.15) is 16.6 Å². The molecule has 0 aliphatic heterocycles. The third-order valence-corrected chi connectivity index (χ3v) is 5.31. The minimum absolute atomic E-state index is 0.136. The van der Waals surface area contributed by atoms with E-state index in [0.717, 1.165) is 10.1 Å². The van der Waals surface area contributed by atoms with E-state index < -0.39 is 10.0 Å². The number of carbonyl (C=O) groups excluding carboxylic acids is 1. The van der Waals surface area contributed by atoms with Gasteiger partial charge in [-0.1, -0.05) is 0 Å². The minimum Gasteiger partial charge on any atom is -0.354 e. The Morgan fingerprint density at radius 2 is 2.05 bits per heavy atom. The summed E-state index contributed by atoms with van der Waals surface area (Å²) in [4.78, 5) is 12.2. The van der Waals surface area contributed by atoms with Crippen LogP contribution in [-0.4, -0.2) is 34.2 Å². The Kier molecular flexibility index (Phi) is 4.01. The van der Waals surface area contributed by atoms with Crippen LogP contribution in [-0.2, 0) is 10.0 Å². The van der Waals surface area contributed by atoms with Gasteiger partial charge in [-0.05, 0) is 36.6 Å². The van der Waals surface area contributed by atoms with Gasteiger partial charge in [0, 0.05) is 18.3 Å². The van der Waals surface area contributed by atoms with Crippen LogP contribution < -0.4 is 9.62 Å². The maximum atomic E-state index is 11.7. The number of carbonyl (C=O) groups is 1. The second kappa shape index (κ2) is 5.41. The molecule has 1 heterocycles. The molecule has 0 aliphatic rings. The molecule has 1 aromatic carbocycles. The van der Waals surface area contributed by atoms with Crippen molar-refractivity contribution in [2.75, 3.05) is 24.2 Å². The summed E-state index contributed by atoms with van der Waals surface area (Å²) in [5.41, 5.74) is 0.615. The Morgan fingerprint density at radius 1 is 1.35 bits per heavy atom. The molecule has 0 atom stereocenters. The van der Waals surface area contributed by atoms with E-state index in [4.69, 9.17) is 0 Å². The van der Waals surface area contributed by atoms with Gasteiger partial charge in [-0.3, -0.25) is 9.10 Å². The Hall–Kier alpha value is -1.60. The van der Waals surface area contributed by atoms with E-state index in [1.165, 1.54) is 21.9 Å². The van der Waals surface area contributed by atoms with Crippen LogP contribution >= 0.6 is 11.3 Å². The molecule has 20 heavy (non-hydrogen) atoms. The van der Waals surface area contributed by atoms with Crippen LogP contribution in [0.25, 0.3) is 10.1 Å². The first-order chi connectivity index (χ1) is 9.36. The zero-order valence-corrected chi connectivity index (χ0v) is 13.1. The predicted octanol–water partition coefficient (Wildman–Crippen LogP) is 2.05. The highest BCUT2D eigenvalue weighted by molar-refractivity contribution is 7.92. The van der Waals surface area contributed by atoms with Gasteiger partial charge in [-0.15, -0.1) is 11.3 Å². The molecular weight excluding hydrogens is 296 g/mol. The number of rotatable bonds is 4. The van der Waals surface area contributed by atoms with Crippen molar-refractivity contribution in [1.29, 1.82) is 0 Å². The lowest BCUT2D eigenvalue weighted by molar-refractivity contribution is 0.0967. The van der Waals surface area contributed by atoms with Crippen molar-refractivity contribution < 1.29 is 13.2 Å². The molecule has 0 saturated heterocycles. The summed E-state index contributed by atoms with van der Waals surface area (Å²) in [5, 5.41) is 3.45. The summed E-state index contributed by atoms with van der Waals surface area (Å²) in [7, 11) is -1.71. The average Bonchev–Trinajstić information content (AvgIpc) is 2.80. The van der Waals surface area contributed by atoms with Crippen molar-refractivity contribution in [3.8, 4) is 0 Å².